The third kappa shape index (κ3) is 7.48. The van der Waals surface area contributed by atoms with Gasteiger partial charge in [-0.25, -0.2) is 9.59 Å². The van der Waals surface area contributed by atoms with Crippen molar-refractivity contribution in [2.45, 2.75) is 58.3 Å². The van der Waals surface area contributed by atoms with E-state index in [1.54, 1.807) is 0 Å². The predicted molar refractivity (Wildman–Crippen MR) is 162 cm³/mol. The lowest BCUT2D eigenvalue weighted by Gasteiger charge is -2.43. The molecule has 3 heterocycles. The third-order valence-corrected chi connectivity index (χ3v) is 8.39. The van der Waals surface area contributed by atoms with Gasteiger partial charge in [0.2, 0.25) is 5.91 Å². The summed E-state index contributed by atoms with van der Waals surface area (Å²) >= 11 is 0. The first kappa shape index (κ1) is 30.4. The Morgan fingerprint density at radius 2 is 1.74 bits per heavy atom. The van der Waals surface area contributed by atoms with Crippen molar-refractivity contribution in [1.82, 2.24) is 15.1 Å². The summed E-state index contributed by atoms with van der Waals surface area (Å²) in [6.07, 6.45) is 0.968. The molecule has 10 nitrogen and oxygen atoms in total. The maximum Gasteiger partial charge on any atom is 0.404 e. The first-order chi connectivity index (χ1) is 20.6. The largest absolute Gasteiger partial charge is 0.486 e. The zero-order valence-electron chi connectivity index (χ0n) is 25.2. The molecule has 0 spiro atoms. The molecule has 3 atom stereocenters. The second kappa shape index (κ2) is 13.1. The second-order valence-electron chi connectivity index (χ2n) is 12.5. The molecule has 0 radical (unpaired) electrons. The van der Waals surface area contributed by atoms with Crippen LogP contribution in [0, 0.1) is 5.41 Å². The molecule has 3 aliphatic heterocycles. The number of hydrogen-bond acceptors (Lipinski definition) is 6. The highest BCUT2D eigenvalue weighted by Gasteiger charge is 2.38. The zero-order valence-corrected chi connectivity index (χ0v) is 25.2. The van der Waals surface area contributed by atoms with Crippen LogP contribution in [-0.2, 0) is 14.3 Å². The van der Waals surface area contributed by atoms with Gasteiger partial charge in [0.25, 0.3) is 0 Å². The molecule has 0 aliphatic carbocycles. The van der Waals surface area contributed by atoms with Crippen molar-refractivity contribution in [3.8, 4) is 5.75 Å². The standard InChI is InChI=1S/C33H42N4O6/c1-33(2,3)28(20-42-31(34)39)43-25-11-7-10-24(18-25)30(22-8-5-4-6-9-22)23-12-15-36(16-13-23)32(40)37-17-14-27-26(19-37)35-29(38)21-41-27/h4-11,18,26-28H,12-17,19-21H2,1-3H3,(H2,34,39)(H,35,38). The Hall–Kier alpha value is -4.05. The molecule has 5 rings (SSSR count). The molecule has 3 fully saturated rings. The number of carbonyl (C=O) groups is 3. The van der Waals surface area contributed by atoms with Gasteiger partial charge in [-0.3, -0.25) is 4.79 Å². The third-order valence-electron chi connectivity index (χ3n) is 8.39. The number of likely N-dealkylation sites (tertiary alicyclic amines) is 2. The maximum absolute atomic E-state index is 13.5. The normalized spacial score (nSPS) is 21.4. The number of amides is 4. The molecule has 43 heavy (non-hydrogen) atoms. The number of ether oxygens (including phenoxy) is 3. The molecule has 3 aliphatic rings. The van der Waals surface area contributed by atoms with E-state index in [1.807, 2.05) is 67.0 Å². The Morgan fingerprint density at radius 3 is 2.44 bits per heavy atom. The van der Waals surface area contributed by atoms with Gasteiger partial charge in [0.1, 0.15) is 25.1 Å². The van der Waals surface area contributed by atoms with Gasteiger partial charge < -0.3 is 35.1 Å². The van der Waals surface area contributed by atoms with E-state index in [4.69, 9.17) is 19.9 Å². The lowest BCUT2D eigenvalue weighted by atomic mass is 9.88. The number of morpholine rings is 1. The van der Waals surface area contributed by atoms with Crippen molar-refractivity contribution >= 4 is 23.6 Å². The second-order valence-corrected chi connectivity index (χ2v) is 12.5. The van der Waals surface area contributed by atoms with Crippen LogP contribution in [-0.4, -0.2) is 85.5 Å². The van der Waals surface area contributed by atoms with Crippen LogP contribution < -0.4 is 15.8 Å². The summed E-state index contributed by atoms with van der Waals surface area (Å²) in [5.41, 5.74) is 9.48. The Kier molecular flexibility index (Phi) is 9.25. The number of fused-ring (bicyclic) bond motifs is 1. The summed E-state index contributed by atoms with van der Waals surface area (Å²) in [6, 6.07) is 18.1. The van der Waals surface area contributed by atoms with E-state index in [9.17, 15) is 14.4 Å². The van der Waals surface area contributed by atoms with Crippen LogP contribution in [0.1, 0.15) is 51.2 Å². The van der Waals surface area contributed by atoms with E-state index in [0.29, 0.717) is 31.9 Å². The van der Waals surface area contributed by atoms with E-state index >= 15 is 0 Å². The minimum absolute atomic E-state index is 0.0142. The highest BCUT2D eigenvalue weighted by molar-refractivity contribution is 5.83. The molecule has 2 aromatic rings. The highest BCUT2D eigenvalue weighted by Crippen LogP contribution is 2.35. The fourth-order valence-corrected chi connectivity index (χ4v) is 5.98. The monoisotopic (exact) mass is 590 g/mol. The van der Waals surface area contributed by atoms with Crippen molar-refractivity contribution in [2.75, 3.05) is 39.4 Å². The number of hydrogen-bond donors (Lipinski definition) is 2. The first-order valence-electron chi connectivity index (χ1n) is 15.0. The molecular formula is C33H42N4O6. The summed E-state index contributed by atoms with van der Waals surface area (Å²) in [5, 5.41) is 2.98. The Balaban J connectivity index is 1.33. The van der Waals surface area contributed by atoms with Gasteiger partial charge in [0.15, 0.2) is 0 Å². The maximum atomic E-state index is 13.5. The van der Waals surface area contributed by atoms with Gasteiger partial charge >= 0.3 is 12.1 Å². The van der Waals surface area contributed by atoms with Gasteiger partial charge in [-0.1, -0.05) is 68.8 Å². The number of primary amides is 1. The number of nitrogens with zero attached hydrogens (tertiary/aromatic N) is 2. The molecule has 3 saturated heterocycles. The average molecular weight is 591 g/mol. The van der Waals surface area contributed by atoms with Crippen molar-refractivity contribution in [1.29, 1.82) is 0 Å². The van der Waals surface area contributed by atoms with E-state index in [1.165, 1.54) is 5.57 Å². The highest BCUT2D eigenvalue weighted by atomic mass is 16.6. The lowest BCUT2D eigenvalue weighted by Crippen LogP contribution is -2.62. The number of rotatable bonds is 6. The van der Waals surface area contributed by atoms with Gasteiger partial charge in [0.05, 0.1) is 12.1 Å². The molecule has 4 amide bonds. The van der Waals surface area contributed by atoms with Crippen LogP contribution in [0.3, 0.4) is 0 Å². The van der Waals surface area contributed by atoms with Crippen LogP contribution in [0.4, 0.5) is 9.59 Å². The first-order valence-corrected chi connectivity index (χ1v) is 15.0. The summed E-state index contributed by atoms with van der Waals surface area (Å²) in [5.74, 6) is 0.549. The van der Waals surface area contributed by atoms with E-state index in [-0.39, 0.29) is 42.7 Å². The fourth-order valence-electron chi connectivity index (χ4n) is 5.98. The van der Waals surface area contributed by atoms with E-state index in [0.717, 1.165) is 36.0 Å². The molecule has 2 aromatic carbocycles. The summed E-state index contributed by atoms with van der Waals surface area (Å²) in [7, 11) is 0. The number of benzene rings is 2. The Labute approximate surface area is 253 Å². The summed E-state index contributed by atoms with van der Waals surface area (Å²) in [4.78, 5) is 40.3. The molecule has 230 valence electrons. The van der Waals surface area contributed by atoms with Gasteiger partial charge in [-0.2, -0.15) is 0 Å². The lowest BCUT2D eigenvalue weighted by molar-refractivity contribution is -0.139. The molecule has 3 N–H and O–H groups in total. The van der Waals surface area contributed by atoms with Crippen molar-refractivity contribution < 1.29 is 28.6 Å². The number of carbonyl (C=O) groups excluding carboxylic acids is 3. The van der Waals surface area contributed by atoms with Crippen LogP contribution in [0.5, 0.6) is 5.75 Å². The van der Waals surface area contributed by atoms with E-state index in [2.05, 4.69) is 23.5 Å². The molecule has 10 heteroatoms. The summed E-state index contributed by atoms with van der Waals surface area (Å²) < 4.78 is 17.1. The Morgan fingerprint density at radius 1 is 1.02 bits per heavy atom. The minimum atomic E-state index is -0.827. The van der Waals surface area contributed by atoms with Gasteiger partial charge in [-0.15, -0.1) is 0 Å². The van der Waals surface area contributed by atoms with Gasteiger partial charge in [-0.05, 0) is 48.1 Å². The topological polar surface area (TPSA) is 123 Å². The number of piperidine rings is 2. The summed E-state index contributed by atoms with van der Waals surface area (Å²) in [6.45, 7) is 8.55. The van der Waals surface area contributed by atoms with Crippen LogP contribution in [0.25, 0.3) is 5.57 Å². The number of nitrogens with two attached hydrogens (primary N) is 1. The average Bonchev–Trinajstić information content (AvgIpc) is 2.99. The van der Waals surface area contributed by atoms with Crippen molar-refractivity contribution in [3.63, 3.8) is 0 Å². The minimum Gasteiger partial charge on any atom is -0.486 e. The predicted octanol–water partition coefficient (Wildman–Crippen LogP) is 4.18. The Bertz CT molecular complexity index is 1340. The van der Waals surface area contributed by atoms with Crippen LogP contribution in [0.2, 0.25) is 0 Å². The van der Waals surface area contributed by atoms with E-state index < -0.39 is 12.2 Å². The fraction of sp³-hybridized carbons (Fsp3) is 0.485. The molecule has 0 aromatic heterocycles. The van der Waals surface area contributed by atoms with Crippen molar-refractivity contribution in [3.05, 3.63) is 71.3 Å². The number of nitrogens with one attached hydrogen (secondary N) is 1. The molecular weight excluding hydrogens is 548 g/mol. The number of urea groups is 1. The molecule has 0 saturated carbocycles. The smallest absolute Gasteiger partial charge is 0.404 e. The van der Waals surface area contributed by atoms with Crippen molar-refractivity contribution in [2.24, 2.45) is 11.1 Å². The van der Waals surface area contributed by atoms with Gasteiger partial charge in [0, 0.05) is 31.6 Å². The molecule has 3 unspecified atom stereocenters. The zero-order chi connectivity index (χ0) is 30.6. The van der Waals surface area contributed by atoms with Crippen LogP contribution >= 0.6 is 0 Å². The SMILES string of the molecule is CC(C)(C)C(COC(N)=O)Oc1cccc(C(=C2CCN(C(=O)N3CCC4OCC(=O)NC4C3)CC2)c2ccccc2)c1. The molecule has 0 bridgehead atoms. The van der Waals surface area contributed by atoms with Crippen LogP contribution in [0.15, 0.2) is 60.2 Å². The quantitative estimate of drug-likeness (QED) is 0.520.